The third-order valence-corrected chi connectivity index (χ3v) is 1.63. The molecule has 1 N–H and O–H groups in total. The second-order valence-corrected chi connectivity index (χ2v) is 2.71. The topological polar surface area (TPSA) is 56.6 Å². The van der Waals surface area contributed by atoms with Crippen molar-refractivity contribution in [2.45, 2.75) is 13.3 Å². The van der Waals surface area contributed by atoms with E-state index in [0.717, 1.165) is 5.56 Å². The molecule has 0 fully saturated rings. The first-order valence-corrected chi connectivity index (χ1v) is 3.97. The first-order valence-electron chi connectivity index (χ1n) is 3.97. The first kappa shape index (κ1) is 9.27. The molecular weight excluding hydrogens is 164 g/mol. The predicted octanol–water partition coefficient (Wildman–Crippen LogP) is 1.61. The van der Waals surface area contributed by atoms with E-state index in [9.17, 15) is 4.79 Å². The maximum Gasteiger partial charge on any atom is 0.250 e. The second kappa shape index (κ2) is 4.27. The van der Waals surface area contributed by atoms with Crippen LogP contribution in [0.3, 0.4) is 0 Å². The van der Waals surface area contributed by atoms with Crippen molar-refractivity contribution in [2.75, 3.05) is 0 Å². The molecule has 0 amide bonds. The maximum absolute atomic E-state index is 11.0. The van der Waals surface area contributed by atoms with Crippen molar-refractivity contribution in [3.8, 4) is 6.07 Å². The summed E-state index contributed by atoms with van der Waals surface area (Å²) < 4.78 is 0. The highest BCUT2D eigenvalue weighted by Gasteiger charge is 1.92. The lowest BCUT2D eigenvalue weighted by molar-refractivity contribution is 1.17. The van der Waals surface area contributed by atoms with Gasteiger partial charge in [0.25, 0.3) is 5.56 Å². The van der Waals surface area contributed by atoms with Gasteiger partial charge >= 0.3 is 0 Å². The van der Waals surface area contributed by atoms with Crippen molar-refractivity contribution in [1.29, 1.82) is 5.26 Å². The van der Waals surface area contributed by atoms with Crippen molar-refractivity contribution >= 4 is 6.08 Å². The van der Waals surface area contributed by atoms with Gasteiger partial charge in [0.15, 0.2) is 0 Å². The smallest absolute Gasteiger partial charge is 0.250 e. The molecule has 3 heteroatoms. The summed E-state index contributed by atoms with van der Waals surface area (Å²) in [7, 11) is 0. The summed E-state index contributed by atoms with van der Waals surface area (Å²) in [5.41, 5.74) is 1.52. The molecule has 0 aromatic carbocycles. The highest BCUT2D eigenvalue weighted by molar-refractivity contribution is 5.48. The molecule has 1 aromatic heterocycles. The van der Waals surface area contributed by atoms with E-state index >= 15 is 0 Å². The van der Waals surface area contributed by atoms with Gasteiger partial charge in [0.1, 0.15) is 0 Å². The number of allylic oxidation sites excluding steroid dienone is 1. The molecule has 3 nitrogen and oxygen atoms in total. The van der Waals surface area contributed by atoms with Gasteiger partial charge in [-0.2, -0.15) is 5.26 Å². The summed E-state index contributed by atoms with van der Waals surface area (Å²) in [6.07, 6.45) is 5.58. The standard InChI is InChI=1S/C10H10N2O/c1-8-6-9(4-2-3-5-11)7-12-10(8)13/h2,4,6-7H,3H2,1H3,(H,12,13). The summed E-state index contributed by atoms with van der Waals surface area (Å²) >= 11 is 0. The van der Waals surface area contributed by atoms with Gasteiger partial charge in [0.2, 0.25) is 0 Å². The lowest BCUT2D eigenvalue weighted by Crippen LogP contribution is -2.07. The molecule has 0 spiro atoms. The molecule has 0 radical (unpaired) electrons. The zero-order valence-corrected chi connectivity index (χ0v) is 7.37. The molecule has 0 unspecified atom stereocenters. The Kier molecular flexibility index (Phi) is 3.04. The van der Waals surface area contributed by atoms with Crippen LogP contribution in [0.5, 0.6) is 0 Å². The van der Waals surface area contributed by atoms with Gasteiger partial charge in [-0.15, -0.1) is 0 Å². The van der Waals surface area contributed by atoms with Crippen LogP contribution in [0, 0.1) is 18.3 Å². The SMILES string of the molecule is Cc1cc(C=CCC#N)c[nH]c1=O. The second-order valence-electron chi connectivity index (χ2n) is 2.71. The van der Waals surface area contributed by atoms with E-state index in [-0.39, 0.29) is 5.56 Å². The Labute approximate surface area is 76.3 Å². The van der Waals surface area contributed by atoms with Crippen LogP contribution < -0.4 is 5.56 Å². The average Bonchev–Trinajstić information content (AvgIpc) is 2.12. The van der Waals surface area contributed by atoms with Gasteiger partial charge in [-0.1, -0.05) is 12.2 Å². The molecular formula is C10H10N2O. The summed E-state index contributed by atoms with van der Waals surface area (Å²) in [4.78, 5) is 13.6. The average molecular weight is 174 g/mol. The lowest BCUT2D eigenvalue weighted by atomic mass is 10.2. The molecule has 1 heterocycles. The minimum Gasteiger partial charge on any atom is -0.328 e. The number of nitrogens with zero attached hydrogens (tertiary/aromatic N) is 1. The van der Waals surface area contributed by atoms with Crippen LogP contribution >= 0.6 is 0 Å². The zero-order chi connectivity index (χ0) is 9.68. The number of aromatic nitrogens is 1. The minimum atomic E-state index is -0.0718. The number of hydrogen-bond donors (Lipinski definition) is 1. The fourth-order valence-electron chi connectivity index (χ4n) is 0.964. The van der Waals surface area contributed by atoms with Crippen LogP contribution in [0.1, 0.15) is 17.5 Å². The van der Waals surface area contributed by atoms with Crippen molar-refractivity contribution in [1.82, 2.24) is 4.98 Å². The van der Waals surface area contributed by atoms with E-state index in [2.05, 4.69) is 4.98 Å². The van der Waals surface area contributed by atoms with Crippen molar-refractivity contribution < 1.29 is 0 Å². The predicted molar refractivity (Wildman–Crippen MR) is 51.1 cm³/mol. The number of hydrogen-bond acceptors (Lipinski definition) is 2. The number of pyridine rings is 1. The molecule has 0 aliphatic rings. The summed E-state index contributed by atoms with van der Waals surface area (Å²) in [5, 5.41) is 8.28. The third kappa shape index (κ3) is 2.60. The largest absolute Gasteiger partial charge is 0.328 e. The third-order valence-electron chi connectivity index (χ3n) is 1.63. The molecule has 1 rings (SSSR count). The molecule has 0 atom stereocenters. The highest BCUT2D eigenvalue weighted by atomic mass is 16.1. The summed E-state index contributed by atoms with van der Waals surface area (Å²) in [5.74, 6) is 0. The van der Waals surface area contributed by atoms with E-state index in [0.29, 0.717) is 12.0 Å². The molecule has 66 valence electrons. The Morgan fingerprint density at radius 3 is 3.08 bits per heavy atom. The molecule has 0 aliphatic carbocycles. The van der Waals surface area contributed by atoms with Gasteiger partial charge in [0.05, 0.1) is 12.5 Å². The van der Waals surface area contributed by atoms with Gasteiger partial charge < -0.3 is 4.98 Å². The number of aryl methyl sites for hydroxylation is 1. The van der Waals surface area contributed by atoms with Crippen LogP contribution in [0.25, 0.3) is 6.08 Å². The van der Waals surface area contributed by atoms with Crippen molar-refractivity contribution in [2.24, 2.45) is 0 Å². The number of H-pyrrole nitrogens is 1. The number of aromatic amines is 1. The van der Waals surface area contributed by atoms with Gasteiger partial charge in [-0.3, -0.25) is 4.79 Å². The van der Waals surface area contributed by atoms with E-state index in [1.54, 1.807) is 25.3 Å². The molecule has 1 aromatic rings. The number of rotatable bonds is 2. The molecule has 13 heavy (non-hydrogen) atoms. The van der Waals surface area contributed by atoms with Crippen LogP contribution in [0.4, 0.5) is 0 Å². The normalized spacial score (nSPS) is 10.2. The maximum atomic E-state index is 11.0. The molecule has 0 aliphatic heterocycles. The summed E-state index contributed by atoms with van der Waals surface area (Å²) in [6, 6.07) is 3.79. The Morgan fingerprint density at radius 1 is 1.69 bits per heavy atom. The minimum absolute atomic E-state index is 0.0718. The van der Waals surface area contributed by atoms with E-state index in [4.69, 9.17) is 5.26 Å². The van der Waals surface area contributed by atoms with Crippen molar-refractivity contribution in [3.05, 3.63) is 39.8 Å². The Balaban J connectivity index is 2.87. The summed E-state index contributed by atoms with van der Waals surface area (Å²) in [6.45, 7) is 1.75. The fraction of sp³-hybridized carbons (Fsp3) is 0.200. The monoisotopic (exact) mass is 174 g/mol. The van der Waals surface area contributed by atoms with Crippen LogP contribution in [0.15, 0.2) is 23.1 Å². The Morgan fingerprint density at radius 2 is 2.46 bits per heavy atom. The van der Waals surface area contributed by atoms with Gasteiger partial charge in [-0.05, 0) is 18.6 Å². The van der Waals surface area contributed by atoms with E-state index in [1.165, 1.54) is 0 Å². The van der Waals surface area contributed by atoms with Crippen LogP contribution in [-0.2, 0) is 0 Å². The molecule has 0 bridgehead atoms. The lowest BCUT2D eigenvalue weighted by Gasteiger charge is -1.93. The van der Waals surface area contributed by atoms with Gasteiger partial charge in [0, 0.05) is 11.8 Å². The Hall–Kier alpha value is -1.82. The molecule has 0 saturated heterocycles. The van der Waals surface area contributed by atoms with E-state index in [1.807, 2.05) is 12.1 Å². The number of nitriles is 1. The first-order chi connectivity index (χ1) is 6.24. The van der Waals surface area contributed by atoms with Gasteiger partial charge in [-0.25, -0.2) is 0 Å². The van der Waals surface area contributed by atoms with E-state index < -0.39 is 0 Å². The number of nitrogens with one attached hydrogen (secondary N) is 1. The molecule has 0 saturated carbocycles. The van der Waals surface area contributed by atoms with Crippen molar-refractivity contribution in [3.63, 3.8) is 0 Å². The van der Waals surface area contributed by atoms with Crippen LogP contribution in [-0.4, -0.2) is 4.98 Å². The highest BCUT2D eigenvalue weighted by Crippen LogP contribution is 2.00. The van der Waals surface area contributed by atoms with Crippen LogP contribution in [0.2, 0.25) is 0 Å². The Bertz CT molecular complexity index is 410. The zero-order valence-electron chi connectivity index (χ0n) is 7.37. The fourth-order valence-corrected chi connectivity index (χ4v) is 0.964. The quantitative estimate of drug-likeness (QED) is 0.740.